The predicted molar refractivity (Wildman–Crippen MR) is 64.7 cm³/mol. The predicted octanol–water partition coefficient (Wildman–Crippen LogP) is 2.55. The highest BCUT2D eigenvalue weighted by molar-refractivity contribution is 7.98. The fourth-order valence-electron chi connectivity index (χ4n) is 2.06. The Morgan fingerprint density at radius 1 is 1.50 bits per heavy atom. The quantitative estimate of drug-likeness (QED) is 0.823. The highest BCUT2D eigenvalue weighted by Gasteiger charge is 2.45. The number of hydrogen-bond donors (Lipinski definition) is 1. The number of methoxy groups -OCH3 is 1. The van der Waals surface area contributed by atoms with Gasteiger partial charge in [-0.3, -0.25) is 0 Å². The van der Waals surface area contributed by atoms with E-state index in [9.17, 15) is 4.39 Å². The van der Waals surface area contributed by atoms with E-state index in [2.05, 4.69) is 0 Å². The standard InChI is InChI=1S/C12H16FNOS/c1-15-11-9(12(7-14)3-4-12)5-8(13)6-10(11)16-2/h5-6H,3-4,7,14H2,1-2H3. The van der Waals surface area contributed by atoms with Crippen LogP contribution in [0.5, 0.6) is 5.75 Å². The molecular weight excluding hydrogens is 225 g/mol. The lowest BCUT2D eigenvalue weighted by atomic mass is 9.95. The molecule has 0 saturated heterocycles. The van der Waals surface area contributed by atoms with Crippen LogP contribution in [0.3, 0.4) is 0 Å². The number of halogens is 1. The van der Waals surface area contributed by atoms with Crippen molar-refractivity contribution in [1.82, 2.24) is 0 Å². The number of benzene rings is 1. The van der Waals surface area contributed by atoms with Crippen LogP contribution >= 0.6 is 11.8 Å². The van der Waals surface area contributed by atoms with Gasteiger partial charge in [-0.05, 0) is 31.2 Å². The van der Waals surface area contributed by atoms with Crippen molar-refractivity contribution in [1.29, 1.82) is 0 Å². The molecule has 1 aliphatic rings. The maximum atomic E-state index is 13.5. The number of thioether (sulfide) groups is 1. The first-order valence-electron chi connectivity index (χ1n) is 5.29. The molecule has 2 N–H and O–H groups in total. The largest absolute Gasteiger partial charge is 0.495 e. The van der Waals surface area contributed by atoms with Crippen molar-refractivity contribution >= 4 is 11.8 Å². The van der Waals surface area contributed by atoms with E-state index in [0.29, 0.717) is 6.54 Å². The minimum absolute atomic E-state index is 0.0437. The summed E-state index contributed by atoms with van der Waals surface area (Å²) in [4.78, 5) is 0.845. The van der Waals surface area contributed by atoms with E-state index in [4.69, 9.17) is 10.5 Å². The molecule has 0 unspecified atom stereocenters. The average Bonchev–Trinajstić information content (AvgIpc) is 3.08. The Balaban J connectivity index is 2.54. The zero-order valence-electron chi connectivity index (χ0n) is 9.55. The molecule has 1 fully saturated rings. The normalized spacial score (nSPS) is 17.2. The zero-order valence-corrected chi connectivity index (χ0v) is 10.4. The van der Waals surface area contributed by atoms with Crippen LogP contribution in [0, 0.1) is 5.82 Å². The van der Waals surface area contributed by atoms with Crippen molar-refractivity contribution < 1.29 is 9.13 Å². The number of nitrogens with two attached hydrogens (primary N) is 1. The van der Waals surface area contributed by atoms with Crippen LogP contribution in [-0.4, -0.2) is 19.9 Å². The van der Waals surface area contributed by atoms with Crippen molar-refractivity contribution in [3.63, 3.8) is 0 Å². The van der Waals surface area contributed by atoms with E-state index in [1.807, 2.05) is 6.26 Å². The van der Waals surface area contributed by atoms with Crippen LogP contribution in [0.25, 0.3) is 0 Å². The molecule has 0 heterocycles. The third-order valence-corrected chi connectivity index (χ3v) is 4.00. The fourth-order valence-corrected chi connectivity index (χ4v) is 2.67. The van der Waals surface area contributed by atoms with Gasteiger partial charge in [0, 0.05) is 17.5 Å². The monoisotopic (exact) mass is 241 g/mol. The van der Waals surface area contributed by atoms with Crippen molar-refractivity contribution in [2.45, 2.75) is 23.2 Å². The van der Waals surface area contributed by atoms with Crippen LogP contribution < -0.4 is 10.5 Å². The number of rotatable bonds is 4. The summed E-state index contributed by atoms with van der Waals surface area (Å²) in [6.45, 7) is 0.556. The first-order valence-corrected chi connectivity index (χ1v) is 6.51. The van der Waals surface area contributed by atoms with E-state index in [1.165, 1.54) is 17.8 Å². The van der Waals surface area contributed by atoms with Gasteiger partial charge in [0.25, 0.3) is 0 Å². The molecule has 1 aliphatic carbocycles. The molecule has 2 nitrogen and oxygen atoms in total. The summed E-state index contributed by atoms with van der Waals surface area (Å²) in [7, 11) is 1.63. The minimum Gasteiger partial charge on any atom is -0.495 e. The first-order chi connectivity index (χ1) is 7.66. The molecule has 16 heavy (non-hydrogen) atoms. The third-order valence-electron chi connectivity index (χ3n) is 3.26. The lowest BCUT2D eigenvalue weighted by Gasteiger charge is -2.19. The van der Waals surface area contributed by atoms with Gasteiger partial charge in [0.1, 0.15) is 11.6 Å². The van der Waals surface area contributed by atoms with Crippen LogP contribution in [0.1, 0.15) is 18.4 Å². The zero-order chi connectivity index (χ0) is 11.8. The van der Waals surface area contributed by atoms with Crippen molar-refractivity contribution in [2.75, 3.05) is 19.9 Å². The van der Waals surface area contributed by atoms with Crippen molar-refractivity contribution in [2.24, 2.45) is 5.73 Å². The molecule has 0 radical (unpaired) electrons. The van der Waals surface area contributed by atoms with Gasteiger partial charge in [-0.2, -0.15) is 0 Å². The molecule has 4 heteroatoms. The summed E-state index contributed by atoms with van der Waals surface area (Å²) in [6, 6.07) is 3.08. The summed E-state index contributed by atoms with van der Waals surface area (Å²) in [5.74, 6) is 0.580. The van der Waals surface area contributed by atoms with E-state index in [-0.39, 0.29) is 11.2 Å². The molecular formula is C12H16FNOS. The van der Waals surface area contributed by atoms with E-state index in [0.717, 1.165) is 29.1 Å². The number of ether oxygens (including phenoxy) is 1. The molecule has 1 aromatic carbocycles. The van der Waals surface area contributed by atoms with Gasteiger partial charge in [-0.15, -0.1) is 11.8 Å². The molecule has 0 aliphatic heterocycles. The van der Waals surface area contributed by atoms with E-state index < -0.39 is 0 Å². The topological polar surface area (TPSA) is 35.2 Å². The fraction of sp³-hybridized carbons (Fsp3) is 0.500. The average molecular weight is 241 g/mol. The summed E-state index contributed by atoms with van der Waals surface area (Å²) >= 11 is 1.50. The second-order valence-electron chi connectivity index (χ2n) is 4.17. The second-order valence-corrected chi connectivity index (χ2v) is 5.02. The van der Waals surface area contributed by atoms with Gasteiger partial charge >= 0.3 is 0 Å². The van der Waals surface area contributed by atoms with Gasteiger partial charge in [0.15, 0.2) is 0 Å². The Hall–Kier alpha value is -0.740. The summed E-state index contributed by atoms with van der Waals surface area (Å²) in [5, 5.41) is 0. The summed E-state index contributed by atoms with van der Waals surface area (Å²) < 4.78 is 18.9. The molecule has 0 atom stereocenters. The Bertz CT molecular complexity index is 404. The maximum Gasteiger partial charge on any atom is 0.136 e. The van der Waals surface area contributed by atoms with Crippen LogP contribution in [0.15, 0.2) is 17.0 Å². The highest BCUT2D eigenvalue weighted by atomic mass is 32.2. The van der Waals surface area contributed by atoms with Gasteiger partial charge in [-0.25, -0.2) is 4.39 Å². The SMILES string of the molecule is COc1c(SC)cc(F)cc1C1(CN)CC1. The second kappa shape index (κ2) is 4.26. The van der Waals surface area contributed by atoms with Gasteiger partial charge in [-0.1, -0.05) is 0 Å². The van der Waals surface area contributed by atoms with Crippen molar-refractivity contribution in [3.8, 4) is 5.75 Å². The summed E-state index contributed by atoms with van der Waals surface area (Å²) in [5.41, 5.74) is 6.67. The smallest absolute Gasteiger partial charge is 0.136 e. The van der Waals surface area contributed by atoms with Crippen molar-refractivity contribution in [3.05, 3.63) is 23.5 Å². The first kappa shape index (κ1) is 11.7. The molecule has 1 saturated carbocycles. The van der Waals surface area contributed by atoms with Gasteiger partial charge in [0.05, 0.1) is 12.0 Å². The van der Waals surface area contributed by atoms with Gasteiger partial charge < -0.3 is 10.5 Å². The molecule has 0 amide bonds. The molecule has 0 bridgehead atoms. The lowest BCUT2D eigenvalue weighted by molar-refractivity contribution is 0.392. The van der Waals surface area contributed by atoms with E-state index in [1.54, 1.807) is 13.2 Å². The lowest BCUT2D eigenvalue weighted by Crippen LogP contribution is -2.21. The molecule has 1 aromatic rings. The third kappa shape index (κ3) is 1.80. The molecule has 2 rings (SSSR count). The maximum absolute atomic E-state index is 13.5. The van der Waals surface area contributed by atoms with Crippen LogP contribution in [-0.2, 0) is 5.41 Å². The Kier molecular flexibility index (Phi) is 3.13. The molecule has 0 aromatic heterocycles. The van der Waals surface area contributed by atoms with E-state index >= 15 is 0 Å². The number of hydrogen-bond acceptors (Lipinski definition) is 3. The summed E-state index contributed by atoms with van der Waals surface area (Å²) in [6.07, 6.45) is 3.97. The Morgan fingerprint density at radius 2 is 2.19 bits per heavy atom. The molecule has 0 spiro atoms. The Morgan fingerprint density at radius 3 is 2.62 bits per heavy atom. The molecule has 88 valence electrons. The highest BCUT2D eigenvalue weighted by Crippen LogP contribution is 2.52. The van der Waals surface area contributed by atoms with Crippen LogP contribution in [0.2, 0.25) is 0 Å². The Labute approximate surface area is 99.4 Å². The van der Waals surface area contributed by atoms with Gasteiger partial charge in [0.2, 0.25) is 0 Å². The van der Waals surface area contributed by atoms with Crippen LogP contribution in [0.4, 0.5) is 4.39 Å². The minimum atomic E-state index is -0.208.